The van der Waals surface area contributed by atoms with Gasteiger partial charge in [-0.15, -0.1) is 11.3 Å². The number of aryl methyl sites for hydroxylation is 1. The summed E-state index contributed by atoms with van der Waals surface area (Å²) in [6.07, 6.45) is 4.37. The SMILES string of the molecule is Cc1cc(S(=O)(=O)NC2(C)CC2)sc1CNC1CC1. The van der Waals surface area contributed by atoms with Crippen LogP contribution >= 0.6 is 11.3 Å². The second-order valence-electron chi connectivity index (χ2n) is 5.99. The van der Waals surface area contributed by atoms with Gasteiger partial charge in [0.2, 0.25) is 0 Å². The Morgan fingerprint density at radius 1 is 1.42 bits per heavy atom. The molecule has 0 bridgehead atoms. The van der Waals surface area contributed by atoms with Gasteiger partial charge in [-0.2, -0.15) is 0 Å². The maximum Gasteiger partial charge on any atom is 0.250 e. The number of nitrogens with one attached hydrogen (secondary N) is 2. The van der Waals surface area contributed by atoms with Gasteiger partial charge < -0.3 is 5.32 Å². The highest BCUT2D eigenvalue weighted by atomic mass is 32.2. The van der Waals surface area contributed by atoms with Crippen LogP contribution < -0.4 is 10.0 Å². The lowest BCUT2D eigenvalue weighted by Crippen LogP contribution is -2.33. The summed E-state index contributed by atoms with van der Waals surface area (Å²) in [4.78, 5) is 1.13. The Morgan fingerprint density at radius 3 is 2.68 bits per heavy atom. The predicted molar refractivity (Wildman–Crippen MR) is 76.9 cm³/mol. The fraction of sp³-hybridized carbons (Fsp3) is 0.692. The average Bonchev–Trinajstić information content (AvgIpc) is 3.21. The van der Waals surface area contributed by atoms with E-state index in [-0.39, 0.29) is 5.54 Å². The average molecular weight is 300 g/mol. The highest BCUT2D eigenvalue weighted by Crippen LogP contribution is 2.37. The Hall–Kier alpha value is -0.430. The van der Waals surface area contributed by atoms with E-state index in [1.807, 2.05) is 13.8 Å². The molecule has 2 fully saturated rings. The van der Waals surface area contributed by atoms with Gasteiger partial charge >= 0.3 is 0 Å². The summed E-state index contributed by atoms with van der Waals surface area (Å²) >= 11 is 1.39. The molecule has 0 aliphatic heterocycles. The first kappa shape index (κ1) is 13.5. The second-order valence-corrected chi connectivity index (χ2v) is 9.04. The fourth-order valence-electron chi connectivity index (χ4n) is 1.99. The van der Waals surface area contributed by atoms with E-state index in [4.69, 9.17) is 0 Å². The number of hydrogen-bond acceptors (Lipinski definition) is 4. The summed E-state index contributed by atoms with van der Waals surface area (Å²) in [6.45, 7) is 4.73. The van der Waals surface area contributed by atoms with Gasteiger partial charge in [0.05, 0.1) is 0 Å². The van der Waals surface area contributed by atoms with Crippen molar-refractivity contribution in [1.29, 1.82) is 0 Å². The monoisotopic (exact) mass is 300 g/mol. The van der Waals surface area contributed by atoms with Crippen molar-refractivity contribution in [3.8, 4) is 0 Å². The molecule has 6 heteroatoms. The van der Waals surface area contributed by atoms with Crippen LogP contribution in [0.25, 0.3) is 0 Å². The minimum atomic E-state index is -3.34. The molecule has 2 saturated carbocycles. The molecular weight excluding hydrogens is 280 g/mol. The normalized spacial score (nSPS) is 21.6. The molecule has 106 valence electrons. The van der Waals surface area contributed by atoms with Gasteiger partial charge in [-0.1, -0.05) is 0 Å². The molecule has 1 aromatic heterocycles. The lowest BCUT2D eigenvalue weighted by molar-refractivity contribution is 0.560. The first-order chi connectivity index (χ1) is 8.88. The number of thiophene rings is 1. The molecule has 1 aromatic rings. The van der Waals surface area contributed by atoms with E-state index < -0.39 is 10.0 Å². The van der Waals surface area contributed by atoms with E-state index in [1.165, 1.54) is 24.2 Å². The van der Waals surface area contributed by atoms with Gasteiger partial charge in [-0.05, 0) is 51.2 Å². The van der Waals surface area contributed by atoms with Crippen molar-refractivity contribution in [2.24, 2.45) is 0 Å². The Kier molecular flexibility index (Phi) is 3.24. The Morgan fingerprint density at radius 2 is 2.11 bits per heavy atom. The van der Waals surface area contributed by atoms with Crippen molar-refractivity contribution in [3.05, 3.63) is 16.5 Å². The summed E-state index contributed by atoms with van der Waals surface area (Å²) in [7, 11) is -3.34. The molecule has 0 radical (unpaired) electrons. The van der Waals surface area contributed by atoms with Gasteiger partial charge in [-0.25, -0.2) is 13.1 Å². The Labute approximate surface area is 118 Å². The Bertz CT molecular complexity index is 584. The lowest BCUT2D eigenvalue weighted by atomic mass is 10.3. The van der Waals surface area contributed by atoms with E-state index in [0.29, 0.717) is 10.3 Å². The van der Waals surface area contributed by atoms with E-state index in [1.54, 1.807) is 6.07 Å². The maximum atomic E-state index is 12.3. The minimum Gasteiger partial charge on any atom is -0.309 e. The first-order valence-corrected chi connectivity index (χ1v) is 9.05. The molecular formula is C13H20N2O2S2. The van der Waals surface area contributed by atoms with Crippen molar-refractivity contribution in [3.63, 3.8) is 0 Å². The highest BCUT2D eigenvalue weighted by Gasteiger charge is 2.41. The molecule has 0 aromatic carbocycles. The lowest BCUT2D eigenvalue weighted by Gasteiger charge is -2.10. The quantitative estimate of drug-likeness (QED) is 0.846. The van der Waals surface area contributed by atoms with Crippen molar-refractivity contribution in [2.45, 2.75) is 61.9 Å². The van der Waals surface area contributed by atoms with Gasteiger partial charge in [0.25, 0.3) is 10.0 Å². The predicted octanol–water partition coefficient (Wildman–Crippen LogP) is 2.14. The molecule has 0 spiro atoms. The van der Waals surface area contributed by atoms with Crippen LogP contribution in [0.2, 0.25) is 0 Å². The minimum absolute atomic E-state index is 0.205. The summed E-state index contributed by atoms with van der Waals surface area (Å²) in [5.74, 6) is 0. The summed E-state index contributed by atoms with van der Waals surface area (Å²) < 4.78 is 27.8. The van der Waals surface area contributed by atoms with Crippen LogP contribution in [-0.2, 0) is 16.6 Å². The molecule has 0 amide bonds. The van der Waals surface area contributed by atoms with Gasteiger partial charge in [0.1, 0.15) is 4.21 Å². The summed E-state index contributed by atoms with van der Waals surface area (Å²) in [6, 6.07) is 2.44. The summed E-state index contributed by atoms with van der Waals surface area (Å²) in [5.41, 5.74) is 0.864. The molecule has 2 aliphatic rings. The van der Waals surface area contributed by atoms with Crippen LogP contribution in [-0.4, -0.2) is 20.0 Å². The third-order valence-corrected chi connectivity index (χ3v) is 7.12. The molecule has 3 rings (SSSR count). The van der Waals surface area contributed by atoms with E-state index in [9.17, 15) is 8.42 Å². The zero-order valence-corrected chi connectivity index (χ0v) is 13.0. The second kappa shape index (κ2) is 4.55. The van der Waals surface area contributed by atoms with Crippen LogP contribution in [0.4, 0.5) is 0 Å². The molecule has 0 unspecified atom stereocenters. The zero-order valence-electron chi connectivity index (χ0n) is 11.3. The van der Waals surface area contributed by atoms with Crippen molar-refractivity contribution in [1.82, 2.24) is 10.0 Å². The van der Waals surface area contributed by atoms with Crippen molar-refractivity contribution < 1.29 is 8.42 Å². The topological polar surface area (TPSA) is 58.2 Å². The Balaban J connectivity index is 1.74. The molecule has 0 atom stereocenters. The molecule has 4 nitrogen and oxygen atoms in total. The first-order valence-electron chi connectivity index (χ1n) is 6.75. The van der Waals surface area contributed by atoms with Gasteiger partial charge in [0, 0.05) is 23.0 Å². The standard InChI is InChI=1S/C13H20N2O2S2/c1-9-7-12(18-11(9)8-14-10-3-4-10)19(16,17)15-13(2)5-6-13/h7,10,14-15H,3-6,8H2,1-2H3. The van der Waals surface area contributed by atoms with Gasteiger partial charge in [0.15, 0.2) is 0 Å². The van der Waals surface area contributed by atoms with Crippen LogP contribution in [0.15, 0.2) is 10.3 Å². The van der Waals surface area contributed by atoms with Gasteiger partial charge in [-0.3, -0.25) is 0 Å². The molecule has 1 heterocycles. The third-order valence-electron chi connectivity index (χ3n) is 3.77. The van der Waals surface area contributed by atoms with E-state index in [0.717, 1.165) is 29.8 Å². The van der Waals surface area contributed by atoms with E-state index >= 15 is 0 Å². The maximum absolute atomic E-state index is 12.3. The smallest absolute Gasteiger partial charge is 0.250 e. The summed E-state index contributed by atoms with van der Waals surface area (Å²) in [5, 5.41) is 3.43. The van der Waals surface area contributed by atoms with Crippen LogP contribution in [0.3, 0.4) is 0 Å². The molecule has 19 heavy (non-hydrogen) atoms. The largest absolute Gasteiger partial charge is 0.309 e. The zero-order chi connectivity index (χ0) is 13.7. The van der Waals surface area contributed by atoms with Crippen molar-refractivity contribution in [2.75, 3.05) is 0 Å². The number of sulfonamides is 1. The van der Waals surface area contributed by atoms with E-state index in [2.05, 4.69) is 10.0 Å². The van der Waals surface area contributed by atoms with Crippen molar-refractivity contribution >= 4 is 21.4 Å². The molecule has 2 aliphatic carbocycles. The molecule has 0 saturated heterocycles. The number of rotatable bonds is 6. The molecule has 2 N–H and O–H groups in total. The highest BCUT2D eigenvalue weighted by molar-refractivity contribution is 7.91. The fourth-order valence-corrected chi connectivity index (χ4v) is 4.99. The van der Waals surface area contributed by atoms with Crippen LogP contribution in [0.5, 0.6) is 0 Å². The van der Waals surface area contributed by atoms with Crippen LogP contribution in [0.1, 0.15) is 43.0 Å². The number of hydrogen-bond donors (Lipinski definition) is 2. The third kappa shape index (κ3) is 3.18. The van der Waals surface area contributed by atoms with Crippen LogP contribution in [0, 0.1) is 6.92 Å².